The number of nitrogens with zero attached hydrogens (tertiary/aromatic N) is 5. The van der Waals surface area contributed by atoms with Crippen LogP contribution < -0.4 is 5.32 Å². The van der Waals surface area contributed by atoms with Crippen LogP contribution in [-0.2, 0) is 6.54 Å². The molecule has 0 spiro atoms. The number of aromatic nitrogens is 5. The summed E-state index contributed by atoms with van der Waals surface area (Å²) >= 11 is 0. The number of aryl methyl sites for hydroxylation is 1. The number of carbonyl (C=O) groups is 1. The molecule has 0 aliphatic rings. The first kappa shape index (κ1) is 21.3. The van der Waals surface area contributed by atoms with Crippen molar-refractivity contribution in [1.29, 1.82) is 0 Å². The second-order valence-corrected chi connectivity index (χ2v) is 7.87. The standard InChI is InChI=1S/C24H23FN6O/c1-15(2)23-28-29-30-31(23)21-12-18(17-9-7-16(3)8-10-17)11-19(13-21)24(32)26-14-20-5-4-6-22(25)27-20/h4-13,15H,14H2,1-3H3,(H,26,32). The number of nitrogens with one attached hydrogen (secondary N) is 1. The predicted octanol–water partition coefficient (Wildman–Crippen LogP) is 4.23. The molecule has 0 fully saturated rings. The normalized spacial score (nSPS) is 11.0. The van der Waals surface area contributed by atoms with E-state index in [1.807, 2.05) is 57.2 Å². The summed E-state index contributed by atoms with van der Waals surface area (Å²) in [6.45, 7) is 6.15. The van der Waals surface area contributed by atoms with Gasteiger partial charge in [-0.3, -0.25) is 4.79 Å². The first-order valence-electron chi connectivity index (χ1n) is 10.3. The first-order valence-corrected chi connectivity index (χ1v) is 10.3. The van der Waals surface area contributed by atoms with E-state index in [4.69, 9.17) is 0 Å². The monoisotopic (exact) mass is 430 g/mol. The summed E-state index contributed by atoms with van der Waals surface area (Å²) in [5, 5.41) is 14.9. The minimum absolute atomic E-state index is 0.101. The Balaban J connectivity index is 1.72. The molecule has 0 unspecified atom stereocenters. The molecule has 0 aliphatic carbocycles. The highest BCUT2D eigenvalue weighted by Gasteiger charge is 2.16. The molecule has 0 saturated heterocycles. The van der Waals surface area contributed by atoms with Crippen LogP contribution in [-0.4, -0.2) is 31.1 Å². The molecule has 1 N–H and O–H groups in total. The molecule has 32 heavy (non-hydrogen) atoms. The SMILES string of the molecule is Cc1ccc(-c2cc(C(=O)NCc3cccc(F)n3)cc(-n3nnnc3C(C)C)c2)cc1. The number of hydrogen-bond donors (Lipinski definition) is 1. The van der Waals surface area contributed by atoms with E-state index in [-0.39, 0.29) is 18.4 Å². The lowest BCUT2D eigenvalue weighted by Gasteiger charge is -2.13. The van der Waals surface area contributed by atoms with E-state index in [9.17, 15) is 9.18 Å². The van der Waals surface area contributed by atoms with Crippen molar-refractivity contribution in [2.45, 2.75) is 33.2 Å². The number of benzene rings is 2. The van der Waals surface area contributed by atoms with Gasteiger partial charge in [0.05, 0.1) is 17.9 Å². The first-order chi connectivity index (χ1) is 15.4. The van der Waals surface area contributed by atoms with Crippen molar-refractivity contribution in [3.63, 3.8) is 0 Å². The van der Waals surface area contributed by atoms with E-state index in [1.165, 1.54) is 6.07 Å². The molecule has 0 bridgehead atoms. The summed E-state index contributed by atoms with van der Waals surface area (Å²) in [6.07, 6.45) is 0. The Kier molecular flexibility index (Phi) is 6.02. The van der Waals surface area contributed by atoms with E-state index >= 15 is 0 Å². The smallest absolute Gasteiger partial charge is 0.251 e. The van der Waals surface area contributed by atoms with Crippen molar-refractivity contribution in [2.75, 3.05) is 0 Å². The highest BCUT2D eigenvalue weighted by Crippen LogP contribution is 2.26. The summed E-state index contributed by atoms with van der Waals surface area (Å²) < 4.78 is 15.0. The minimum Gasteiger partial charge on any atom is -0.346 e. The second-order valence-electron chi connectivity index (χ2n) is 7.87. The number of carbonyl (C=O) groups excluding carboxylic acids is 1. The van der Waals surface area contributed by atoms with Gasteiger partial charge in [0.1, 0.15) is 0 Å². The molecule has 0 radical (unpaired) electrons. The maximum Gasteiger partial charge on any atom is 0.251 e. The molecular weight excluding hydrogens is 407 g/mol. The van der Waals surface area contributed by atoms with Crippen LogP contribution in [0, 0.1) is 12.9 Å². The Labute approximate surface area is 185 Å². The van der Waals surface area contributed by atoms with Crippen LogP contribution in [0.3, 0.4) is 0 Å². The van der Waals surface area contributed by atoms with Gasteiger partial charge in [0.2, 0.25) is 5.95 Å². The van der Waals surface area contributed by atoms with Gasteiger partial charge in [-0.05, 0) is 58.8 Å². The van der Waals surface area contributed by atoms with Gasteiger partial charge >= 0.3 is 0 Å². The zero-order valence-corrected chi connectivity index (χ0v) is 18.1. The van der Waals surface area contributed by atoms with Gasteiger partial charge in [-0.2, -0.15) is 9.07 Å². The van der Waals surface area contributed by atoms with Crippen molar-refractivity contribution in [2.24, 2.45) is 0 Å². The zero-order chi connectivity index (χ0) is 22.7. The van der Waals surface area contributed by atoms with Crippen molar-refractivity contribution >= 4 is 5.91 Å². The number of amides is 1. The summed E-state index contributed by atoms with van der Waals surface area (Å²) in [4.78, 5) is 16.8. The fourth-order valence-electron chi connectivity index (χ4n) is 3.34. The predicted molar refractivity (Wildman–Crippen MR) is 119 cm³/mol. The average molecular weight is 430 g/mol. The number of tetrazole rings is 1. The van der Waals surface area contributed by atoms with Crippen LogP contribution in [0.5, 0.6) is 0 Å². The Bertz CT molecular complexity index is 1250. The zero-order valence-electron chi connectivity index (χ0n) is 18.1. The molecule has 4 aromatic rings. The van der Waals surface area contributed by atoms with Gasteiger partial charge in [0.15, 0.2) is 5.82 Å². The molecule has 4 rings (SSSR count). The van der Waals surface area contributed by atoms with Crippen molar-refractivity contribution in [1.82, 2.24) is 30.5 Å². The van der Waals surface area contributed by atoms with Crippen LogP contribution in [0.25, 0.3) is 16.8 Å². The molecule has 0 atom stereocenters. The molecule has 2 aromatic carbocycles. The van der Waals surface area contributed by atoms with Crippen LogP contribution in [0.4, 0.5) is 4.39 Å². The van der Waals surface area contributed by atoms with Crippen LogP contribution in [0.15, 0.2) is 60.7 Å². The summed E-state index contributed by atoms with van der Waals surface area (Å²) in [5.41, 5.74) is 4.55. The van der Waals surface area contributed by atoms with E-state index < -0.39 is 5.95 Å². The summed E-state index contributed by atoms with van der Waals surface area (Å²) in [5.74, 6) is -0.0866. The van der Waals surface area contributed by atoms with Crippen molar-refractivity contribution in [3.8, 4) is 16.8 Å². The van der Waals surface area contributed by atoms with Crippen LogP contribution in [0.2, 0.25) is 0 Å². The van der Waals surface area contributed by atoms with Crippen LogP contribution >= 0.6 is 0 Å². The molecule has 0 saturated carbocycles. The number of halogens is 1. The van der Waals surface area contributed by atoms with Gasteiger partial charge in [0, 0.05) is 11.5 Å². The molecule has 7 nitrogen and oxygen atoms in total. The van der Waals surface area contributed by atoms with E-state index in [1.54, 1.807) is 22.9 Å². The topological polar surface area (TPSA) is 85.6 Å². The van der Waals surface area contributed by atoms with Crippen LogP contribution in [0.1, 0.15) is 47.2 Å². The number of pyridine rings is 1. The van der Waals surface area contributed by atoms with E-state index in [0.29, 0.717) is 22.8 Å². The van der Waals surface area contributed by atoms with Gasteiger partial charge < -0.3 is 5.32 Å². The molecule has 162 valence electrons. The van der Waals surface area contributed by atoms with Crippen molar-refractivity contribution in [3.05, 3.63) is 89.3 Å². The van der Waals surface area contributed by atoms with Gasteiger partial charge in [-0.15, -0.1) is 5.10 Å². The molecule has 2 aromatic heterocycles. The number of hydrogen-bond acceptors (Lipinski definition) is 5. The fraction of sp³-hybridized carbons (Fsp3) is 0.208. The van der Waals surface area contributed by atoms with Gasteiger partial charge in [0.25, 0.3) is 5.91 Å². The molecular formula is C24H23FN6O. The number of rotatable bonds is 6. The second kappa shape index (κ2) is 9.05. The molecule has 1 amide bonds. The highest BCUT2D eigenvalue weighted by molar-refractivity contribution is 5.96. The summed E-state index contributed by atoms with van der Waals surface area (Å²) in [6, 6.07) is 18.1. The molecule has 0 aliphatic heterocycles. The maximum absolute atomic E-state index is 13.4. The minimum atomic E-state index is -0.583. The van der Waals surface area contributed by atoms with Gasteiger partial charge in [-0.1, -0.05) is 49.7 Å². The third-order valence-electron chi connectivity index (χ3n) is 5.02. The third kappa shape index (κ3) is 4.69. The quantitative estimate of drug-likeness (QED) is 0.463. The third-order valence-corrected chi connectivity index (χ3v) is 5.02. The Hall–Kier alpha value is -3.94. The Morgan fingerprint density at radius 1 is 1.06 bits per heavy atom. The lowest BCUT2D eigenvalue weighted by Crippen LogP contribution is -2.23. The van der Waals surface area contributed by atoms with E-state index in [2.05, 4.69) is 25.8 Å². The molecule has 8 heteroatoms. The maximum atomic E-state index is 13.4. The van der Waals surface area contributed by atoms with Gasteiger partial charge in [-0.25, -0.2) is 4.98 Å². The fourth-order valence-corrected chi connectivity index (χ4v) is 3.34. The summed E-state index contributed by atoms with van der Waals surface area (Å²) in [7, 11) is 0. The Morgan fingerprint density at radius 3 is 2.56 bits per heavy atom. The molecule has 2 heterocycles. The lowest BCUT2D eigenvalue weighted by molar-refractivity contribution is 0.0950. The Morgan fingerprint density at radius 2 is 1.84 bits per heavy atom. The lowest BCUT2D eigenvalue weighted by atomic mass is 10.0. The van der Waals surface area contributed by atoms with Crippen molar-refractivity contribution < 1.29 is 9.18 Å². The largest absolute Gasteiger partial charge is 0.346 e. The van der Waals surface area contributed by atoms with E-state index in [0.717, 1.165) is 16.7 Å². The average Bonchev–Trinajstić information content (AvgIpc) is 3.28. The highest BCUT2D eigenvalue weighted by atomic mass is 19.1.